The molecule has 2 aliphatic rings. The van der Waals surface area contributed by atoms with E-state index in [0.29, 0.717) is 26.2 Å². The predicted molar refractivity (Wildman–Crippen MR) is 97.1 cm³/mol. The van der Waals surface area contributed by atoms with Crippen LogP contribution in [0.4, 0.5) is 4.39 Å². The fourth-order valence-electron chi connectivity index (χ4n) is 3.05. The Morgan fingerprint density at radius 1 is 1.11 bits per heavy atom. The molecule has 1 aromatic rings. The largest absolute Gasteiger partial charge is 0.348 e. The molecule has 1 atom stereocenters. The van der Waals surface area contributed by atoms with Crippen LogP contribution in [0.25, 0.3) is 0 Å². The molecule has 1 saturated carbocycles. The standard InChI is InChI=1S/C19H25FN4O3/c1-13(14-2-4-15(20)5-3-14)21-17(25)12-23-8-10-24(11-9-23)19(27)18(26)22-16-6-7-16/h2-5,13,16H,6-12H2,1H3,(H,21,25)(H,22,26). The van der Waals surface area contributed by atoms with E-state index in [1.807, 2.05) is 11.8 Å². The van der Waals surface area contributed by atoms with Gasteiger partial charge < -0.3 is 15.5 Å². The van der Waals surface area contributed by atoms with Crippen LogP contribution in [-0.2, 0) is 14.4 Å². The highest BCUT2D eigenvalue weighted by molar-refractivity contribution is 6.35. The maximum Gasteiger partial charge on any atom is 0.311 e. The Hall–Kier alpha value is -2.48. The zero-order chi connectivity index (χ0) is 19.4. The first-order valence-corrected chi connectivity index (χ1v) is 9.29. The summed E-state index contributed by atoms with van der Waals surface area (Å²) in [5.74, 6) is -1.46. The van der Waals surface area contributed by atoms with Crippen LogP contribution >= 0.6 is 0 Å². The molecule has 0 bridgehead atoms. The number of hydrogen-bond acceptors (Lipinski definition) is 4. The Kier molecular flexibility index (Phi) is 6.05. The number of amides is 3. The van der Waals surface area contributed by atoms with Crippen LogP contribution in [0.2, 0.25) is 0 Å². The molecule has 1 aromatic carbocycles. The van der Waals surface area contributed by atoms with Crippen molar-refractivity contribution in [1.82, 2.24) is 20.4 Å². The lowest BCUT2D eigenvalue weighted by molar-refractivity contribution is -0.147. The van der Waals surface area contributed by atoms with E-state index in [9.17, 15) is 18.8 Å². The van der Waals surface area contributed by atoms with Crippen LogP contribution in [0.1, 0.15) is 31.4 Å². The van der Waals surface area contributed by atoms with E-state index in [-0.39, 0.29) is 30.4 Å². The van der Waals surface area contributed by atoms with Crippen LogP contribution in [0.15, 0.2) is 24.3 Å². The molecule has 7 nitrogen and oxygen atoms in total. The van der Waals surface area contributed by atoms with Gasteiger partial charge in [0, 0.05) is 32.2 Å². The van der Waals surface area contributed by atoms with E-state index < -0.39 is 11.8 Å². The van der Waals surface area contributed by atoms with Crippen molar-refractivity contribution in [3.05, 3.63) is 35.6 Å². The van der Waals surface area contributed by atoms with Crippen molar-refractivity contribution in [2.24, 2.45) is 0 Å². The molecule has 2 N–H and O–H groups in total. The molecule has 2 fully saturated rings. The number of piperazine rings is 1. The van der Waals surface area contributed by atoms with Crippen LogP contribution in [-0.4, -0.2) is 66.3 Å². The average Bonchev–Trinajstić information content (AvgIpc) is 3.46. The van der Waals surface area contributed by atoms with Gasteiger partial charge in [-0.05, 0) is 37.5 Å². The third-order valence-corrected chi connectivity index (χ3v) is 4.88. The predicted octanol–water partition coefficient (Wildman–Crippen LogP) is 0.426. The van der Waals surface area contributed by atoms with Crippen molar-refractivity contribution in [2.75, 3.05) is 32.7 Å². The van der Waals surface area contributed by atoms with Crippen molar-refractivity contribution in [2.45, 2.75) is 31.8 Å². The second kappa shape index (κ2) is 8.47. The molecule has 1 saturated heterocycles. The summed E-state index contributed by atoms with van der Waals surface area (Å²) in [4.78, 5) is 39.7. The minimum Gasteiger partial charge on any atom is -0.348 e. The summed E-state index contributed by atoms with van der Waals surface area (Å²) in [6, 6.07) is 5.98. The van der Waals surface area contributed by atoms with E-state index in [1.54, 1.807) is 12.1 Å². The monoisotopic (exact) mass is 376 g/mol. The summed E-state index contributed by atoms with van der Waals surface area (Å²) in [7, 11) is 0. The number of nitrogens with one attached hydrogen (secondary N) is 2. The van der Waals surface area contributed by atoms with E-state index in [1.165, 1.54) is 17.0 Å². The maximum absolute atomic E-state index is 13.0. The minimum absolute atomic E-state index is 0.127. The highest BCUT2D eigenvalue weighted by Crippen LogP contribution is 2.18. The third kappa shape index (κ3) is 5.50. The molecule has 8 heteroatoms. The summed E-state index contributed by atoms with van der Waals surface area (Å²) < 4.78 is 13.0. The van der Waals surface area contributed by atoms with Crippen molar-refractivity contribution in [1.29, 1.82) is 0 Å². The van der Waals surface area contributed by atoms with Crippen molar-refractivity contribution < 1.29 is 18.8 Å². The molecule has 146 valence electrons. The van der Waals surface area contributed by atoms with Gasteiger partial charge in [-0.2, -0.15) is 0 Å². The Bertz CT molecular complexity index is 697. The molecule has 1 aliphatic heterocycles. The third-order valence-electron chi connectivity index (χ3n) is 4.88. The number of hydrogen-bond donors (Lipinski definition) is 2. The fraction of sp³-hybridized carbons (Fsp3) is 0.526. The quantitative estimate of drug-likeness (QED) is 0.730. The second-order valence-corrected chi connectivity index (χ2v) is 7.16. The van der Waals surface area contributed by atoms with Gasteiger partial charge in [-0.1, -0.05) is 12.1 Å². The molecule has 0 radical (unpaired) electrons. The van der Waals surface area contributed by atoms with E-state index >= 15 is 0 Å². The maximum atomic E-state index is 13.0. The first kappa shape index (κ1) is 19.3. The van der Waals surface area contributed by atoms with Gasteiger partial charge in [-0.25, -0.2) is 4.39 Å². The normalized spacial score (nSPS) is 18.7. The minimum atomic E-state index is -0.531. The smallest absolute Gasteiger partial charge is 0.311 e. The van der Waals surface area contributed by atoms with E-state index in [2.05, 4.69) is 10.6 Å². The molecule has 3 amide bonds. The summed E-state index contributed by atoms with van der Waals surface area (Å²) in [6.45, 7) is 4.01. The van der Waals surface area contributed by atoms with Gasteiger partial charge in [0.25, 0.3) is 0 Å². The summed E-state index contributed by atoms with van der Waals surface area (Å²) >= 11 is 0. The Morgan fingerprint density at radius 2 is 1.74 bits per heavy atom. The van der Waals surface area contributed by atoms with Crippen LogP contribution < -0.4 is 10.6 Å². The van der Waals surface area contributed by atoms with Crippen LogP contribution in [0.3, 0.4) is 0 Å². The molecular formula is C19H25FN4O3. The number of benzene rings is 1. The fourth-order valence-corrected chi connectivity index (χ4v) is 3.05. The van der Waals surface area contributed by atoms with Gasteiger partial charge in [-0.3, -0.25) is 19.3 Å². The molecule has 1 unspecified atom stereocenters. The van der Waals surface area contributed by atoms with Crippen molar-refractivity contribution in [3.8, 4) is 0 Å². The zero-order valence-electron chi connectivity index (χ0n) is 15.4. The number of rotatable bonds is 5. The van der Waals surface area contributed by atoms with Gasteiger partial charge in [0.15, 0.2) is 0 Å². The Balaban J connectivity index is 1.40. The molecular weight excluding hydrogens is 351 g/mol. The number of carbonyl (C=O) groups excluding carboxylic acids is 3. The van der Waals surface area contributed by atoms with Crippen LogP contribution in [0, 0.1) is 5.82 Å². The highest BCUT2D eigenvalue weighted by atomic mass is 19.1. The molecule has 3 rings (SSSR count). The molecule has 1 heterocycles. The number of carbonyl (C=O) groups is 3. The van der Waals surface area contributed by atoms with Gasteiger partial charge in [0.05, 0.1) is 12.6 Å². The first-order chi connectivity index (χ1) is 12.9. The number of halogens is 1. The Labute approximate surface area is 157 Å². The van der Waals surface area contributed by atoms with Crippen molar-refractivity contribution in [3.63, 3.8) is 0 Å². The molecule has 27 heavy (non-hydrogen) atoms. The first-order valence-electron chi connectivity index (χ1n) is 9.29. The van der Waals surface area contributed by atoms with E-state index in [0.717, 1.165) is 18.4 Å². The van der Waals surface area contributed by atoms with Gasteiger partial charge in [0.1, 0.15) is 5.82 Å². The lowest BCUT2D eigenvalue weighted by Gasteiger charge is -2.34. The summed E-state index contributed by atoms with van der Waals surface area (Å²) in [5.41, 5.74) is 0.835. The van der Waals surface area contributed by atoms with Crippen LogP contribution in [0.5, 0.6) is 0 Å². The Morgan fingerprint density at radius 3 is 2.33 bits per heavy atom. The second-order valence-electron chi connectivity index (χ2n) is 7.16. The molecule has 0 spiro atoms. The van der Waals surface area contributed by atoms with E-state index in [4.69, 9.17) is 0 Å². The summed E-state index contributed by atoms with van der Waals surface area (Å²) in [6.07, 6.45) is 1.89. The lowest BCUT2D eigenvalue weighted by atomic mass is 10.1. The van der Waals surface area contributed by atoms with Gasteiger partial charge in [0.2, 0.25) is 5.91 Å². The molecule has 1 aliphatic carbocycles. The number of nitrogens with zero attached hydrogens (tertiary/aromatic N) is 2. The van der Waals surface area contributed by atoms with Gasteiger partial charge >= 0.3 is 11.8 Å². The SMILES string of the molecule is CC(NC(=O)CN1CCN(C(=O)C(=O)NC2CC2)CC1)c1ccc(F)cc1. The van der Waals surface area contributed by atoms with Gasteiger partial charge in [-0.15, -0.1) is 0 Å². The average molecular weight is 376 g/mol. The van der Waals surface area contributed by atoms with Crippen molar-refractivity contribution >= 4 is 17.7 Å². The highest BCUT2D eigenvalue weighted by Gasteiger charge is 2.31. The topological polar surface area (TPSA) is 81.8 Å². The summed E-state index contributed by atoms with van der Waals surface area (Å²) in [5, 5.41) is 5.60. The lowest BCUT2D eigenvalue weighted by Crippen LogP contribution is -2.54. The zero-order valence-corrected chi connectivity index (χ0v) is 15.4. The molecule has 0 aromatic heterocycles.